The molecular weight excluding hydrogens is 93.7 g/mol. The van der Waals surface area contributed by atoms with Crippen LogP contribution in [0.2, 0.25) is 25.3 Å². The van der Waals surface area contributed by atoms with Crippen molar-refractivity contribution in [2.75, 3.05) is 0 Å². The van der Waals surface area contributed by atoms with Crippen molar-refractivity contribution in [3.8, 4) is 0 Å². The molecule has 1 fully saturated rings. The Morgan fingerprint density at radius 3 is 1.38 bits per heavy atom. The van der Waals surface area contributed by atoms with Crippen molar-refractivity contribution < 1.29 is 0 Å². The van der Waals surface area contributed by atoms with E-state index in [1.54, 1.807) is 0 Å². The maximum Gasteiger partial charge on any atom is 0.109 e. The zero-order valence-corrected chi connectivity index (χ0v) is 5.40. The van der Waals surface area contributed by atoms with Crippen LogP contribution in [0.15, 0.2) is 0 Å². The monoisotopic (exact) mass is 106 g/mol. The fraction of sp³-hybridized carbons (Fsp3) is 1.00. The second-order valence-corrected chi connectivity index (χ2v) is 2.44. The molecule has 0 amide bonds. The van der Waals surface area contributed by atoms with Crippen molar-refractivity contribution >= 4 is 14.6 Å². The highest BCUT2D eigenvalue weighted by atomic mass is 13.8. The summed E-state index contributed by atoms with van der Waals surface area (Å²) < 4.78 is 0. The summed E-state index contributed by atoms with van der Waals surface area (Å²) in [6.07, 6.45) is 8.15. The zero-order chi connectivity index (χ0) is 5.66. The molecule has 1 heterocycles. The van der Waals surface area contributed by atoms with E-state index in [1.165, 1.54) is 38.1 Å². The minimum Gasteiger partial charge on any atom is -0.0810 e. The van der Waals surface area contributed by atoms with E-state index in [2.05, 4.69) is 14.6 Å². The predicted octanol–water partition coefficient (Wildman–Crippen LogP) is 1.86. The van der Waals surface area contributed by atoms with E-state index in [0.29, 0.717) is 0 Å². The largest absolute Gasteiger partial charge is 0.109 e. The van der Waals surface area contributed by atoms with Crippen LogP contribution in [-0.4, -0.2) is 14.6 Å². The van der Waals surface area contributed by atoms with Crippen molar-refractivity contribution in [3.63, 3.8) is 0 Å². The lowest BCUT2D eigenvalue weighted by Crippen LogP contribution is -1.98. The maximum atomic E-state index is 2.42. The first-order valence-corrected chi connectivity index (χ1v) is 3.63. The summed E-state index contributed by atoms with van der Waals surface area (Å²) >= 11 is 0. The van der Waals surface area contributed by atoms with Crippen molar-refractivity contribution in [1.82, 2.24) is 0 Å². The van der Waals surface area contributed by atoms with Gasteiger partial charge in [-0.25, -0.2) is 0 Å². The van der Waals surface area contributed by atoms with E-state index in [-0.39, 0.29) is 0 Å². The van der Waals surface area contributed by atoms with Gasteiger partial charge in [0.05, 0.1) is 0 Å². The van der Waals surface area contributed by atoms with E-state index in [1.807, 2.05) is 0 Å². The Morgan fingerprint density at radius 1 is 0.625 bits per heavy atom. The third kappa shape index (κ3) is 2.44. The Hall–Kier alpha value is 0.130. The Kier molecular flexibility index (Phi) is 3.17. The van der Waals surface area contributed by atoms with Gasteiger partial charge in [-0.05, 0) is 0 Å². The standard InChI is InChI=1S/C6H12B2/c1-3-7-5-2-6-8-4-1/h1-6H2. The van der Waals surface area contributed by atoms with Crippen molar-refractivity contribution in [2.24, 2.45) is 0 Å². The fourth-order valence-electron chi connectivity index (χ4n) is 1.10. The molecule has 0 atom stereocenters. The lowest BCUT2D eigenvalue weighted by atomic mass is 9.58. The predicted molar refractivity (Wildman–Crippen MR) is 40.0 cm³/mol. The lowest BCUT2D eigenvalue weighted by Gasteiger charge is -2.03. The quantitative estimate of drug-likeness (QED) is 0.413. The Labute approximate surface area is 53.5 Å². The van der Waals surface area contributed by atoms with Crippen molar-refractivity contribution in [1.29, 1.82) is 0 Å². The van der Waals surface area contributed by atoms with E-state index >= 15 is 0 Å². The Morgan fingerprint density at radius 2 is 1.00 bits per heavy atom. The summed E-state index contributed by atoms with van der Waals surface area (Å²) in [6, 6.07) is 0. The average Bonchev–Trinajstić information content (AvgIpc) is 1.62. The smallest absolute Gasteiger partial charge is 0.0810 e. The molecule has 0 N–H and O–H groups in total. The molecule has 0 aromatic heterocycles. The molecule has 1 aliphatic heterocycles. The molecule has 0 nitrogen and oxygen atoms in total. The molecule has 42 valence electrons. The summed E-state index contributed by atoms with van der Waals surface area (Å²) in [6.45, 7) is 0. The highest BCUT2D eigenvalue weighted by Gasteiger charge is 1.98. The van der Waals surface area contributed by atoms with Gasteiger partial charge in [0.2, 0.25) is 0 Å². The normalized spacial score (nSPS) is 22.0. The third-order valence-corrected chi connectivity index (χ3v) is 1.63. The maximum absolute atomic E-state index is 2.42. The van der Waals surface area contributed by atoms with Crippen LogP contribution in [0.1, 0.15) is 12.8 Å². The van der Waals surface area contributed by atoms with Gasteiger partial charge in [0.15, 0.2) is 0 Å². The van der Waals surface area contributed by atoms with Crippen molar-refractivity contribution in [2.45, 2.75) is 38.1 Å². The SMILES string of the molecule is [B]1CCC[B]CCC1. The summed E-state index contributed by atoms with van der Waals surface area (Å²) in [5.74, 6) is 0. The molecule has 1 saturated heterocycles. The van der Waals surface area contributed by atoms with E-state index in [0.717, 1.165) is 0 Å². The molecular formula is C6H12B2. The minimum atomic E-state index is 1.34. The third-order valence-electron chi connectivity index (χ3n) is 1.63. The summed E-state index contributed by atoms with van der Waals surface area (Å²) in [7, 11) is 4.85. The molecule has 0 aromatic carbocycles. The molecule has 0 aliphatic carbocycles. The van der Waals surface area contributed by atoms with Gasteiger partial charge >= 0.3 is 0 Å². The average molecular weight is 106 g/mol. The van der Waals surface area contributed by atoms with Crippen LogP contribution in [0.5, 0.6) is 0 Å². The van der Waals surface area contributed by atoms with Gasteiger partial charge in [-0.15, -0.1) is 0 Å². The Bertz CT molecular complexity index is 30.5. The molecule has 2 radical (unpaired) electrons. The van der Waals surface area contributed by atoms with E-state index in [4.69, 9.17) is 0 Å². The van der Waals surface area contributed by atoms with E-state index < -0.39 is 0 Å². The highest BCUT2D eigenvalue weighted by molar-refractivity contribution is 6.39. The second kappa shape index (κ2) is 4.05. The van der Waals surface area contributed by atoms with Gasteiger partial charge < -0.3 is 0 Å². The van der Waals surface area contributed by atoms with Crippen LogP contribution in [0.25, 0.3) is 0 Å². The summed E-state index contributed by atoms with van der Waals surface area (Å²) in [5.41, 5.74) is 0. The van der Waals surface area contributed by atoms with Crippen molar-refractivity contribution in [3.05, 3.63) is 0 Å². The summed E-state index contributed by atoms with van der Waals surface area (Å²) in [4.78, 5) is 0. The number of hydrogen-bond donors (Lipinski definition) is 0. The highest BCUT2D eigenvalue weighted by Crippen LogP contribution is 2.07. The molecule has 2 heteroatoms. The molecule has 0 unspecified atom stereocenters. The van der Waals surface area contributed by atoms with Gasteiger partial charge in [-0.2, -0.15) is 0 Å². The first-order chi connectivity index (χ1) is 4.00. The molecule has 8 heavy (non-hydrogen) atoms. The summed E-state index contributed by atoms with van der Waals surface area (Å²) in [5, 5.41) is 0. The minimum absolute atomic E-state index is 1.34. The molecule has 1 aliphatic rings. The first kappa shape index (κ1) is 6.25. The topological polar surface area (TPSA) is 0 Å². The van der Waals surface area contributed by atoms with Gasteiger partial charge in [0.1, 0.15) is 14.6 Å². The molecule has 0 bridgehead atoms. The zero-order valence-electron chi connectivity index (χ0n) is 5.40. The van der Waals surface area contributed by atoms with Crippen LogP contribution >= 0.6 is 0 Å². The van der Waals surface area contributed by atoms with Crippen LogP contribution in [0, 0.1) is 0 Å². The molecule has 0 spiro atoms. The van der Waals surface area contributed by atoms with E-state index in [9.17, 15) is 0 Å². The second-order valence-electron chi connectivity index (χ2n) is 2.44. The molecule has 1 rings (SSSR count). The van der Waals surface area contributed by atoms with Crippen LogP contribution < -0.4 is 0 Å². The number of hydrogen-bond acceptors (Lipinski definition) is 0. The van der Waals surface area contributed by atoms with Gasteiger partial charge in [-0.1, -0.05) is 38.1 Å². The fourth-order valence-corrected chi connectivity index (χ4v) is 1.10. The Balaban J connectivity index is 2.00. The first-order valence-electron chi connectivity index (χ1n) is 3.63. The van der Waals surface area contributed by atoms with Crippen LogP contribution in [0.3, 0.4) is 0 Å². The number of rotatable bonds is 0. The lowest BCUT2D eigenvalue weighted by molar-refractivity contribution is 0.971. The van der Waals surface area contributed by atoms with Gasteiger partial charge in [0, 0.05) is 0 Å². The van der Waals surface area contributed by atoms with Crippen LogP contribution in [-0.2, 0) is 0 Å². The molecule has 0 aromatic rings. The van der Waals surface area contributed by atoms with Gasteiger partial charge in [0.25, 0.3) is 0 Å². The molecule has 0 saturated carbocycles. The van der Waals surface area contributed by atoms with Gasteiger partial charge in [-0.3, -0.25) is 0 Å². The van der Waals surface area contributed by atoms with Crippen LogP contribution in [0.4, 0.5) is 0 Å².